The van der Waals surface area contributed by atoms with Gasteiger partial charge in [-0.1, -0.05) is 6.07 Å². The number of nitrogens with one attached hydrogen (secondary N) is 1. The Morgan fingerprint density at radius 1 is 1.00 bits per heavy atom. The average molecular weight is 329 g/mol. The predicted octanol–water partition coefficient (Wildman–Crippen LogP) is 3.32. The van der Waals surface area contributed by atoms with Gasteiger partial charge in [-0.05, 0) is 54.3 Å². The number of esters is 1. The second-order valence-electron chi connectivity index (χ2n) is 5.30. The van der Waals surface area contributed by atoms with Gasteiger partial charge in [0.2, 0.25) is 0 Å². The van der Waals surface area contributed by atoms with Crippen molar-refractivity contribution in [3.8, 4) is 11.5 Å². The van der Waals surface area contributed by atoms with Crippen molar-refractivity contribution in [1.29, 1.82) is 0 Å². The number of hydrogen-bond donors (Lipinski definition) is 1. The van der Waals surface area contributed by atoms with Crippen LogP contribution < -0.4 is 14.8 Å². The highest BCUT2D eigenvalue weighted by molar-refractivity contribution is 5.95. The van der Waals surface area contributed by atoms with Crippen LogP contribution >= 0.6 is 0 Å². The molecule has 0 unspecified atom stereocenters. The molecule has 0 aromatic heterocycles. The summed E-state index contributed by atoms with van der Waals surface area (Å²) in [6, 6.07) is 11.5. The molecule has 2 aromatic rings. The molecule has 0 radical (unpaired) electrons. The first-order chi connectivity index (χ1) is 11.6. The van der Waals surface area contributed by atoms with Crippen LogP contribution in [0.25, 0.3) is 0 Å². The Kier molecular flexibility index (Phi) is 6.07. The van der Waals surface area contributed by atoms with Gasteiger partial charge in [-0.3, -0.25) is 0 Å². The topological polar surface area (TPSA) is 56.8 Å². The average Bonchev–Trinajstić information content (AvgIpc) is 2.65. The van der Waals surface area contributed by atoms with Crippen molar-refractivity contribution in [3.63, 3.8) is 0 Å². The van der Waals surface area contributed by atoms with Crippen molar-refractivity contribution < 1.29 is 19.0 Å². The molecule has 24 heavy (non-hydrogen) atoms. The van der Waals surface area contributed by atoms with E-state index in [0.29, 0.717) is 5.56 Å². The van der Waals surface area contributed by atoms with Crippen molar-refractivity contribution in [2.24, 2.45) is 0 Å². The molecule has 2 rings (SSSR count). The van der Waals surface area contributed by atoms with Gasteiger partial charge in [0, 0.05) is 12.7 Å². The predicted molar refractivity (Wildman–Crippen MR) is 94.3 cm³/mol. The summed E-state index contributed by atoms with van der Waals surface area (Å²) in [5.74, 6) is 1.28. The van der Waals surface area contributed by atoms with Crippen LogP contribution in [-0.2, 0) is 17.6 Å². The number of carbonyl (C=O) groups is 1. The Bertz CT molecular complexity index is 713. The molecular formula is C19H23NO4. The van der Waals surface area contributed by atoms with Gasteiger partial charge < -0.3 is 19.5 Å². The molecule has 128 valence electrons. The second kappa shape index (κ2) is 8.24. The Labute approximate surface area is 142 Å². The van der Waals surface area contributed by atoms with Crippen LogP contribution in [0.15, 0.2) is 36.4 Å². The summed E-state index contributed by atoms with van der Waals surface area (Å²) in [6.07, 6.45) is 1.55. The van der Waals surface area contributed by atoms with Gasteiger partial charge in [-0.2, -0.15) is 0 Å². The summed E-state index contributed by atoms with van der Waals surface area (Å²) >= 11 is 0. The molecule has 5 heteroatoms. The van der Waals surface area contributed by atoms with Crippen LogP contribution in [0.3, 0.4) is 0 Å². The van der Waals surface area contributed by atoms with E-state index in [1.54, 1.807) is 21.3 Å². The summed E-state index contributed by atoms with van der Waals surface area (Å²) in [5, 5.41) is 3.01. The molecule has 0 heterocycles. The molecule has 0 saturated carbocycles. The minimum absolute atomic E-state index is 0.347. The molecule has 0 aliphatic rings. The minimum Gasteiger partial charge on any atom is -0.497 e. The lowest BCUT2D eigenvalue weighted by molar-refractivity contribution is 0.0601. The Morgan fingerprint density at radius 3 is 2.42 bits per heavy atom. The third-order valence-corrected chi connectivity index (χ3v) is 3.93. The normalized spacial score (nSPS) is 10.2. The maximum Gasteiger partial charge on any atom is 0.339 e. The molecule has 0 saturated heterocycles. The monoisotopic (exact) mass is 329 g/mol. The van der Waals surface area contributed by atoms with Gasteiger partial charge in [0.15, 0.2) is 0 Å². The first-order valence-corrected chi connectivity index (χ1v) is 7.72. The summed E-state index contributed by atoms with van der Waals surface area (Å²) in [6.45, 7) is 0. The summed E-state index contributed by atoms with van der Waals surface area (Å²) in [7, 11) is 6.46. The molecular weight excluding hydrogens is 306 g/mol. The molecule has 5 nitrogen and oxygen atoms in total. The molecule has 0 fully saturated rings. The van der Waals surface area contributed by atoms with Crippen LogP contribution in [0.2, 0.25) is 0 Å². The maximum atomic E-state index is 11.9. The number of methoxy groups -OCH3 is 3. The smallest absolute Gasteiger partial charge is 0.339 e. The van der Waals surface area contributed by atoms with Gasteiger partial charge in [0.1, 0.15) is 11.5 Å². The molecule has 0 bridgehead atoms. The van der Waals surface area contributed by atoms with Gasteiger partial charge in [-0.25, -0.2) is 4.79 Å². The van der Waals surface area contributed by atoms with Gasteiger partial charge >= 0.3 is 5.97 Å². The lowest BCUT2D eigenvalue weighted by atomic mass is 10.0. The number of anilines is 1. The number of hydrogen-bond acceptors (Lipinski definition) is 5. The number of carbonyl (C=O) groups excluding carboxylic acids is 1. The zero-order valence-corrected chi connectivity index (χ0v) is 14.5. The van der Waals surface area contributed by atoms with E-state index >= 15 is 0 Å². The van der Waals surface area contributed by atoms with Gasteiger partial charge in [-0.15, -0.1) is 0 Å². The zero-order valence-electron chi connectivity index (χ0n) is 14.5. The summed E-state index contributed by atoms with van der Waals surface area (Å²) in [4.78, 5) is 11.9. The van der Waals surface area contributed by atoms with Crippen LogP contribution in [0, 0.1) is 0 Å². The third-order valence-electron chi connectivity index (χ3n) is 3.93. The van der Waals surface area contributed by atoms with Crippen LogP contribution in [0.4, 0.5) is 5.69 Å². The molecule has 1 N–H and O–H groups in total. The SMILES string of the molecule is CNc1ccc(CCc2cc(OC)ccc2OC)cc1C(=O)OC. The van der Waals surface area contributed by atoms with Crippen LogP contribution in [-0.4, -0.2) is 34.3 Å². The fourth-order valence-corrected chi connectivity index (χ4v) is 2.60. The van der Waals surface area contributed by atoms with Crippen molar-refractivity contribution >= 4 is 11.7 Å². The van der Waals surface area contributed by atoms with Crippen molar-refractivity contribution in [2.75, 3.05) is 33.7 Å². The van der Waals surface area contributed by atoms with E-state index in [1.165, 1.54) is 7.11 Å². The maximum absolute atomic E-state index is 11.9. The highest BCUT2D eigenvalue weighted by Gasteiger charge is 2.12. The fraction of sp³-hybridized carbons (Fsp3) is 0.316. The van der Waals surface area contributed by atoms with Gasteiger partial charge in [0.05, 0.1) is 26.9 Å². The number of benzene rings is 2. The second-order valence-corrected chi connectivity index (χ2v) is 5.30. The fourth-order valence-electron chi connectivity index (χ4n) is 2.60. The van der Waals surface area contributed by atoms with Crippen molar-refractivity contribution in [1.82, 2.24) is 0 Å². The van der Waals surface area contributed by atoms with E-state index in [0.717, 1.165) is 41.2 Å². The van der Waals surface area contributed by atoms with Crippen molar-refractivity contribution in [2.45, 2.75) is 12.8 Å². The van der Waals surface area contributed by atoms with E-state index in [1.807, 2.05) is 36.4 Å². The van der Waals surface area contributed by atoms with E-state index in [9.17, 15) is 4.79 Å². The van der Waals surface area contributed by atoms with Gasteiger partial charge in [0.25, 0.3) is 0 Å². The van der Waals surface area contributed by atoms with E-state index in [-0.39, 0.29) is 5.97 Å². The summed E-state index contributed by atoms with van der Waals surface area (Å²) in [5.41, 5.74) is 3.41. The molecule has 0 atom stereocenters. The lowest BCUT2D eigenvalue weighted by Crippen LogP contribution is -2.07. The number of ether oxygens (including phenoxy) is 3. The number of rotatable bonds is 7. The highest BCUT2D eigenvalue weighted by Crippen LogP contribution is 2.26. The molecule has 0 amide bonds. The third kappa shape index (κ3) is 3.98. The van der Waals surface area contributed by atoms with E-state index in [2.05, 4.69) is 5.32 Å². The molecule has 2 aromatic carbocycles. The highest BCUT2D eigenvalue weighted by atomic mass is 16.5. The lowest BCUT2D eigenvalue weighted by Gasteiger charge is -2.12. The van der Waals surface area contributed by atoms with Crippen LogP contribution in [0.1, 0.15) is 21.5 Å². The Morgan fingerprint density at radius 2 is 1.79 bits per heavy atom. The quantitative estimate of drug-likeness (QED) is 0.790. The standard InChI is InChI=1S/C19H23NO4/c1-20-17-9-6-13(11-16(17)19(21)24-4)5-7-14-12-15(22-2)8-10-18(14)23-3/h6,8-12,20H,5,7H2,1-4H3. The Hall–Kier alpha value is -2.69. The first kappa shape index (κ1) is 17.7. The van der Waals surface area contributed by atoms with E-state index in [4.69, 9.17) is 14.2 Å². The first-order valence-electron chi connectivity index (χ1n) is 7.72. The largest absolute Gasteiger partial charge is 0.497 e. The van der Waals surface area contributed by atoms with Crippen LogP contribution in [0.5, 0.6) is 11.5 Å². The number of aryl methyl sites for hydroxylation is 2. The molecule has 0 aliphatic carbocycles. The Balaban J connectivity index is 2.22. The van der Waals surface area contributed by atoms with E-state index < -0.39 is 0 Å². The molecule has 0 aliphatic heterocycles. The minimum atomic E-state index is -0.347. The van der Waals surface area contributed by atoms with Crippen molar-refractivity contribution in [3.05, 3.63) is 53.1 Å². The zero-order chi connectivity index (χ0) is 17.5. The molecule has 0 spiro atoms. The summed E-state index contributed by atoms with van der Waals surface area (Å²) < 4.78 is 15.5.